The van der Waals surface area contributed by atoms with Gasteiger partial charge in [0.15, 0.2) is 10.8 Å². The average molecular weight is 461 g/mol. The minimum Gasteiger partial charge on any atom is -0.497 e. The first-order chi connectivity index (χ1) is 15.9. The van der Waals surface area contributed by atoms with Crippen LogP contribution in [0.1, 0.15) is 35.3 Å². The number of anilines is 1. The van der Waals surface area contributed by atoms with Crippen molar-refractivity contribution in [2.24, 2.45) is 0 Å². The third-order valence-corrected chi connectivity index (χ3v) is 6.57. The van der Waals surface area contributed by atoms with Crippen LogP contribution in [0.15, 0.2) is 72.8 Å². The van der Waals surface area contributed by atoms with E-state index in [-0.39, 0.29) is 11.9 Å². The van der Waals surface area contributed by atoms with E-state index in [0.717, 1.165) is 17.0 Å². The van der Waals surface area contributed by atoms with E-state index in [1.807, 2.05) is 66.4 Å². The Hall–Kier alpha value is -3.58. The standard InChI is InChI=1S/C26H24N2O4S/c1-26-16-22(21-11-7-8-12-23(21)32-26)27(25(33)28(26)18-9-5-4-6-10-18)24(29)17-13-19(30-2)15-20(14-17)31-3/h4-15,22H,16H2,1-3H3/t22-,26+/m0/s1. The lowest BCUT2D eigenvalue weighted by Crippen LogP contribution is -2.67. The molecule has 5 rings (SSSR count). The lowest BCUT2D eigenvalue weighted by atomic mass is 9.88. The van der Waals surface area contributed by atoms with Gasteiger partial charge in [-0.15, -0.1) is 0 Å². The SMILES string of the molecule is COc1cc(OC)cc(C(=O)N2C(=S)N(c3ccccc3)[C@@]3(C)C[C@H]2c2ccccc2O3)c1. The number of nitrogens with zero attached hydrogens (tertiary/aromatic N) is 2. The van der Waals surface area contributed by atoms with Gasteiger partial charge in [0.2, 0.25) is 0 Å². The number of hydrogen-bond donors (Lipinski definition) is 0. The van der Waals surface area contributed by atoms with Gasteiger partial charge in [0.05, 0.1) is 20.3 Å². The number of para-hydroxylation sites is 2. The maximum Gasteiger partial charge on any atom is 0.260 e. The molecular formula is C26H24N2O4S. The first kappa shape index (κ1) is 21.3. The fourth-order valence-corrected chi connectivity index (χ4v) is 5.17. The van der Waals surface area contributed by atoms with Gasteiger partial charge in [-0.2, -0.15) is 0 Å². The monoisotopic (exact) mass is 460 g/mol. The number of thiocarbonyl (C=S) groups is 1. The van der Waals surface area contributed by atoms with Crippen molar-refractivity contribution < 1.29 is 19.0 Å². The Labute approximate surface area is 198 Å². The Kier molecular flexibility index (Phi) is 5.21. The topological polar surface area (TPSA) is 51.2 Å². The lowest BCUT2D eigenvalue weighted by Gasteiger charge is -2.55. The Bertz CT molecular complexity index is 1210. The fourth-order valence-electron chi connectivity index (χ4n) is 4.67. The summed E-state index contributed by atoms with van der Waals surface area (Å²) in [6.45, 7) is 2.02. The summed E-state index contributed by atoms with van der Waals surface area (Å²) in [6, 6.07) is 22.5. The quantitative estimate of drug-likeness (QED) is 0.500. The number of ether oxygens (including phenoxy) is 3. The zero-order chi connectivity index (χ0) is 23.2. The highest BCUT2D eigenvalue weighted by atomic mass is 32.1. The molecule has 2 heterocycles. The van der Waals surface area contributed by atoms with E-state index in [1.165, 1.54) is 0 Å². The van der Waals surface area contributed by atoms with Gasteiger partial charge in [0.25, 0.3) is 5.91 Å². The summed E-state index contributed by atoms with van der Waals surface area (Å²) in [5, 5.41) is 0.390. The average Bonchev–Trinajstić information content (AvgIpc) is 2.83. The molecule has 0 N–H and O–H groups in total. The van der Waals surface area contributed by atoms with Crippen LogP contribution in [-0.2, 0) is 0 Å². The van der Waals surface area contributed by atoms with Crippen molar-refractivity contribution in [3.8, 4) is 17.2 Å². The van der Waals surface area contributed by atoms with Crippen molar-refractivity contribution in [3.63, 3.8) is 0 Å². The second kappa shape index (κ2) is 8.08. The first-order valence-electron chi connectivity index (χ1n) is 10.7. The van der Waals surface area contributed by atoms with E-state index < -0.39 is 5.72 Å². The maximum atomic E-state index is 14.0. The van der Waals surface area contributed by atoms with Gasteiger partial charge in [-0.25, -0.2) is 0 Å². The largest absolute Gasteiger partial charge is 0.497 e. The molecule has 7 heteroatoms. The van der Waals surface area contributed by atoms with Crippen LogP contribution in [0.3, 0.4) is 0 Å². The third-order valence-electron chi connectivity index (χ3n) is 6.19. The number of rotatable bonds is 4. The molecule has 3 aromatic rings. The molecule has 2 aliphatic rings. The van der Waals surface area contributed by atoms with Crippen molar-refractivity contribution in [2.45, 2.75) is 25.1 Å². The van der Waals surface area contributed by atoms with Crippen LogP contribution >= 0.6 is 12.2 Å². The zero-order valence-electron chi connectivity index (χ0n) is 18.6. The molecule has 0 saturated carbocycles. The number of fused-ring (bicyclic) bond motifs is 4. The van der Waals surface area contributed by atoms with Gasteiger partial charge >= 0.3 is 0 Å². The van der Waals surface area contributed by atoms with Crippen molar-refractivity contribution in [1.82, 2.24) is 4.90 Å². The number of methoxy groups -OCH3 is 2. The molecule has 1 amide bonds. The van der Waals surface area contributed by atoms with Gasteiger partial charge < -0.3 is 14.2 Å². The molecule has 33 heavy (non-hydrogen) atoms. The van der Waals surface area contributed by atoms with Crippen molar-refractivity contribution in [3.05, 3.63) is 83.9 Å². The predicted molar refractivity (Wildman–Crippen MR) is 130 cm³/mol. The van der Waals surface area contributed by atoms with Crippen LogP contribution in [-0.4, -0.2) is 35.9 Å². The molecule has 6 nitrogen and oxygen atoms in total. The molecule has 2 atom stereocenters. The minimum absolute atomic E-state index is 0.220. The highest BCUT2D eigenvalue weighted by Crippen LogP contribution is 2.49. The molecule has 0 aromatic heterocycles. The summed E-state index contributed by atoms with van der Waals surface area (Å²) >= 11 is 5.97. The van der Waals surface area contributed by atoms with Crippen LogP contribution in [0.5, 0.6) is 17.2 Å². The van der Waals surface area contributed by atoms with Crippen molar-refractivity contribution in [1.29, 1.82) is 0 Å². The number of carbonyl (C=O) groups excluding carboxylic acids is 1. The molecule has 1 fully saturated rings. The van der Waals surface area contributed by atoms with E-state index in [1.54, 1.807) is 37.3 Å². The molecule has 0 aliphatic carbocycles. The Morgan fingerprint density at radius 3 is 2.30 bits per heavy atom. The molecule has 168 valence electrons. The van der Waals surface area contributed by atoms with Gasteiger partial charge in [-0.3, -0.25) is 14.6 Å². The Morgan fingerprint density at radius 1 is 1.00 bits per heavy atom. The van der Waals surface area contributed by atoms with Crippen LogP contribution in [0.2, 0.25) is 0 Å². The molecule has 1 saturated heterocycles. The molecule has 0 radical (unpaired) electrons. The van der Waals surface area contributed by atoms with Crippen molar-refractivity contribution in [2.75, 3.05) is 19.1 Å². The molecular weight excluding hydrogens is 436 g/mol. The smallest absolute Gasteiger partial charge is 0.260 e. The van der Waals surface area contributed by atoms with Gasteiger partial charge in [0, 0.05) is 29.3 Å². The van der Waals surface area contributed by atoms with Crippen LogP contribution in [0.25, 0.3) is 0 Å². The highest BCUT2D eigenvalue weighted by molar-refractivity contribution is 7.80. The minimum atomic E-state index is -0.736. The maximum absolute atomic E-state index is 14.0. The number of hydrogen-bond acceptors (Lipinski definition) is 5. The second-order valence-corrected chi connectivity index (χ2v) is 8.63. The summed E-state index contributed by atoms with van der Waals surface area (Å²) in [5.74, 6) is 1.61. The van der Waals surface area contributed by atoms with Gasteiger partial charge in [-0.05, 0) is 49.5 Å². The number of benzene rings is 3. The highest BCUT2D eigenvalue weighted by Gasteiger charge is 2.53. The van der Waals surface area contributed by atoms with E-state index in [2.05, 4.69) is 0 Å². The molecule has 0 spiro atoms. The van der Waals surface area contributed by atoms with E-state index in [4.69, 9.17) is 26.4 Å². The van der Waals surface area contributed by atoms with E-state index in [9.17, 15) is 4.79 Å². The third kappa shape index (κ3) is 3.49. The second-order valence-electron chi connectivity index (χ2n) is 8.26. The van der Waals surface area contributed by atoms with Gasteiger partial charge in [-0.1, -0.05) is 36.4 Å². The molecule has 2 aliphatic heterocycles. The van der Waals surface area contributed by atoms with Crippen molar-refractivity contribution >= 4 is 28.9 Å². The van der Waals surface area contributed by atoms with Crippen LogP contribution in [0, 0.1) is 0 Å². The normalized spacial score (nSPS) is 21.2. The van der Waals surface area contributed by atoms with E-state index in [0.29, 0.717) is 28.6 Å². The number of carbonyl (C=O) groups is 1. The molecule has 2 bridgehead atoms. The predicted octanol–water partition coefficient (Wildman–Crippen LogP) is 5.19. The van der Waals surface area contributed by atoms with Crippen LogP contribution in [0.4, 0.5) is 5.69 Å². The summed E-state index contributed by atoms with van der Waals surface area (Å²) < 4.78 is 17.3. The fraction of sp³-hybridized carbons (Fsp3) is 0.231. The molecule has 3 aromatic carbocycles. The summed E-state index contributed by atoms with van der Waals surface area (Å²) in [5.41, 5.74) is 1.51. The van der Waals surface area contributed by atoms with Gasteiger partial charge in [0.1, 0.15) is 17.2 Å². The summed E-state index contributed by atoms with van der Waals surface area (Å²) in [7, 11) is 3.12. The Balaban J connectivity index is 1.66. The Morgan fingerprint density at radius 2 is 1.64 bits per heavy atom. The summed E-state index contributed by atoms with van der Waals surface area (Å²) in [4.78, 5) is 17.6. The number of amides is 1. The summed E-state index contributed by atoms with van der Waals surface area (Å²) in [6.07, 6.45) is 0.561. The molecule has 0 unspecified atom stereocenters. The first-order valence-corrected chi connectivity index (χ1v) is 11.1. The lowest BCUT2D eigenvalue weighted by molar-refractivity contribution is 0.0184. The van der Waals surface area contributed by atoms with Crippen LogP contribution < -0.4 is 19.1 Å². The zero-order valence-corrected chi connectivity index (χ0v) is 19.5. The van der Waals surface area contributed by atoms with E-state index >= 15 is 0 Å².